The smallest absolute Gasteiger partial charge is 0.113 e. The standard InChI is InChI=1S/C18H19Cl2N.ClH/c1-21(2)18-10-8-13(14-5-3-4-6-15(14)18)12-7-9-16(19)17(20)11-12;/h3-7,9,11,13,18H,8,10H2,1-2H3;1H. The van der Waals surface area contributed by atoms with E-state index in [0.29, 0.717) is 22.0 Å². The molecule has 0 aliphatic heterocycles. The maximum atomic E-state index is 6.20. The zero-order valence-corrected chi connectivity index (χ0v) is 15.0. The first-order valence-corrected chi connectivity index (χ1v) is 8.17. The van der Waals surface area contributed by atoms with Crippen LogP contribution in [0.2, 0.25) is 10.0 Å². The molecule has 0 spiro atoms. The van der Waals surface area contributed by atoms with Crippen molar-refractivity contribution in [2.45, 2.75) is 24.8 Å². The normalized spacial score (nSPS) is 20.4. The van der Waals surface area contributed by atoms with Crippen LogP contribution in [0.4, 0.5) is 0 Å². The molecule has 2 aromatic rings. The third-order valence-electron chi connectivity index (χ3n) is 4.53. The van der Waals surface area contributed by atoms with Crippen LogP contribution in [-0.4, -0.2) is 14.1 Å². The molecule has 2 atom stereocenters. The highest BCUT2D eigenvalue weighted by Gasteiger charge is 2.31. The molecular formula is C18H20Cl3N. The van der Waals surface area contributed by atoms with Crippen LogP contribution in [0.1, 0.15) is 41.5 Å². The highest BCUT2D eigenvalue weighted by Crippen LogP contribution is 2.41. The molecule has 4 heteroatoms. The SMILES string of the molecule is C[NH+](C)C1CCC(c2ccc(Cl)c(Cl)c2)c2ccccc21.[Cl-]. The Morgan fingerprint density at radius 3 is 2.23 bits per heavy atom. The fraction of sp³-hybridized carbons (Fsp3) is 0.333. The Bertz CT molecular complexity index is 655. The Morgan fingerprint density at radius 1 is 0.909 bits per heavy atom. The number of benzene rings is 2. The quantitative estimate of drug-likeness (QED) is 0.822. The second kappa shape index (κ2) is 7.23. The molecule has 0 radical (unpaired) electrons. The van der Waals surface area contributed by atoms with Gasteiger partial charge in [-0.05, 0) is 29.7 Å². The Kier molecular flexibility index (Phi) is 5.79. The summed E-state index contributed by atoms with van der Waals surface area (Å²) in [5, 5.41) is 1.27. The van der Waals surface area contributed by atoms with Crippen molar-refractivity contribution in [1.29, 1.82) is 0 Å². The first kappa shape index (κ1) is 17.6. The largest absolute Gasteiger partial charge is 1.00 e. The molecule has 0 fully saturated rings. The van der Waals surface area contributed by atoms with Crippen LogP contribution in [-0.2, 0) is 0 Å². The van der Waals surface area contributed by atoms with E-state index in [1.807, 2.05) is 12.1 Å². The van der Waals surface area contributed by atoms with Crippen molar-refractivity contribution in [3.8, 4) is 0 Å². The predicted octanol–water partition coefficient (Wildman–Crippen LogP) is 1.11. The molecule has 0 bridgehead atoms. The second-order valence-corrected chi connectivity index (χ2v) is 6.88. The van der Waals surface area contributed by atoms with Gasteiger partial charge in [-0.3, -0.25) is 0 Å². The van der Waals surface area contributed by atoms with Gasteiger partial charge in [-0.1, -0.05) is 53.5 Å². The summed E-state index contributed by atoms with van der Waals surface area (Å²) in [6.07, 6.45) is 2.36. The Hall–Kier alpha value is -0.730. The van der Waals surface area contributed by atoms with E-state index in [1.54, 1.807) is 0 Å². The van der Waals surface area contributed by atoms with Crippen molar-refractivity contribution in [3.05, 3.63) is 69.2 Å². The van der Waals surface area contributed by atoms with Gasteiger partial charge < -0.3 is 17.3 Å². The Balaban J connectivity index is 0.00000176. The minimum Gasteiger partial charge on any atom is -1.00 e. The maximum Gasteiger partial charge on any atom is 0.113 e. The summed E-state index contributed by atoms with van der Waals surface area (Å²) in [6, 6.07) is 15.4. The first-order chi connectivity index (χ1) is 10.1. The molecule has 2 unspecified atom stereocenters. The average molecular weight is 357 g/mol. The lowest BCUT2D eigenvalue weighted by Crippen LogP contribution is -3.06. The third-order valence-corrected chi connectivity index (χ3v) is 5.27. The molecule has 0 amide bonds. The van der Waals surface area contributed by atoms with Crippen LogP contribution >= 0.6 is 23.2 Å². The van der Waals surface area contributed by atoms with Crippen LogP contribution in [0.25, 0.3) is 0 Å². The van der Waals surface area contributed by atoms with Crippen molar-refractivity contribution >= 4 is 23.2 Å². The van der Waals surface area contributed by atoms with Crippen molar-refractivity contribution in [3.63, 3.8) is 0 Å². The van der Waals surface area contributed by atoms with Gasteiger partial charge in [0.05, 0.1) is 24.1 Å². The van der Waals surface area contributed by atoms with Gasteiger partial charge in [0.1, 0.15) is 6.04 Å². The molecule has 0 saturated heterocycles. The second-order valence-electron chi connectivity index (χ2n) is 6.06. The zero-order valence-electron chi connectivity index (χ0n) is 12.7. The molecule has 0 aromatic heterocycles. The Labute approximate surface area is 148 Å². The molecule has 118 valence electrons. The monoisotopic (exact) mass is 355 g/mol. The molecule has 2 aromatic carbocycles. The van der Waals surface area contributed by atoms with Crippen molar-refractivity contribution in [1.82, 2.24) is 0 Å². The van der Waals surface area contributed by atoms with Gasteiger partial charge in [0.25, 0.3) is 0 Å². The third kappa shape index (κ3) is 3.28. The molecule has 0 saturated carbocycles. The minimum atomic E-state index is 0. The molecule has 1 N–H and O–H groups in total. The number of hydrogen-bond acceptors (Lipinski definition) is 0. The van der Waals surface area contributed by atoms with E-state index in [0.717, 1.165) is 6.42 Å². The summed E-state index contributed by atoms with van der Waals surface area (Å²) in [5.74, 6) is 0.423. The zero-order chi connectivity index (χ0) is 15.0. The van der Waals surface area contributed by atoms with Gasteiger partial charge in [0, 0.05) is 17.9 Å². The van der Waals surface area contributed by atoms with Gasteiger partial charge in [0.15, 0.2) is 0 Å². The molecule has 1 aliphatic rings. The fourth-order valence-electron chi connectivity index (χ4n) is 3.46. The van der Waals surface area contributed by atoms with Crippen molar-refractivity contribution in [2.75, 3.05) is 14.1 Å². The number of halogens is 3. The van der Waals surface area contributed by atoms with Crippen molar-refractivity contribution < 1.29 is 17.3 Å². The fourth-order valence-corrected chi connectivity index (χ4v) is 3.77. The maximum absolute atomic E-state index is 6.20. The summed E-state index contributed by atoms with van der Waals surface area (Å²) in [7, 11) is 4.47. The van der Waals surface area contributed by atoms with Crippen LogP contribution in [0, 0.1) is 0 Å². The summed E-state index contributed by atoms with van der Waals surface area (Å²) in [4.78, 5) is 1.50. The summed E-state index contributed by atoms with van der Waals surface area (Å²) in [6.45, 7) is 0. The van der Waals surface area contributed by atoms with E-state index < -0.39 is 0 Å². The van der Waals surface area contributed by atoms with Gasteiger partial charge in [-0.15, -0.1) is 0 Å². The number of nitrogens with one attached hydrogen (secondary N) is 1. The van der Waals surface area contributed by atoms with Crippen LogP contribution in [0.5, 0.6) is 0 Å². The first-order valence-electron chi connectivity index (χ1n) is 7.41. The summed E-state index contributed by atoms with van der Waals surface area (Å²) < 4.78 is 0. The molecular weight excluding hydrogens is 337 g/mol. The highest BCUT2D eigenvalue weighted by molar-refractivity contribution is 6.42. The van der Waals surface area contributed by atoms with Gasteiger partial charge in [-0.2, -0.15) is 0 Å². The highest BCUT2D eigenvalue weighted by atomic mass is 35.5. The summed E-state index contributed by atoms with van der Waals surface area (Å²) >= 11 is 12.3. The lowest BCUT2D eigenvalue weighted by molar-refractivity contribution is -0.893. The predicted molar refractivity (Wildman–Crippen MR) is 89.5 cm³/mol. The topological polar surface area (TPSA) is 4.44 Å². The summed E-state index contributed by atoms with van der Waals surface area (Å²) in [5.41, 5.74) is 4.18. The molecule has 1 aliphatic carbocycles. The number of quaternary nitrogens is 1. The van der Waals surface area contributed by atoms with Gasteiger partial charge >= 0.3 is 0 Å². The van der Waals surface area contributed by atoms with Crippen LogP contribution in [0.3, 0.4) is 0 Å². The molecule has 1 nitrogen and oxygen atoms in total. The van der Waals surface area contributed by atoms with E-state index in [9.17, 15) is 0 Å². The van der Waals surface area contributed by atoms with Gasteiger partial charge in [-0.25, -0.2) is 0 Å². The van der Waals surface area contributed by atoms with Crippen LogP contribution < -0.4 is 17.3 Å². The number of fused-ring (bicyclic) bond motifs is 1. The number of hydrogen-bond donors (Lipinski definition) is 1. The van der Waals surface area contributed by atoms with E-state index in [-0.39, 0.29) is 12.4 Å². The van der Waals surface area contributed by atoms with Gasteiger partial charge in [0.2, 0.25) is 0 Å². The molecule has 3 rings (SSSR count). The lowest BCUT2D eigenvalue weighted by atomic mass is 9.76. The van der Waals surface area contributed by atoms with Crippen molar-refractivity contribution in [2.24, 2.45) is 0 Å². The van der Waals surface area contributed by atoms with E-state index in [1.165, 1.54) is 28.0 Å². The number of rotatable bonds is 2. The minimum absolute atomic E-state index is 0. The van der Waals surface area contributed by atoms with Crippen LogP contribution in [0.15, 0.2) is 42.5 Å². The lowest BCUT2D eigenvalue weighted by Gasteiger charge is -2.33. The molecule has 0 heterocycles. The Morgan fingerprint density at radius 2 is 1.59 bits per heavy atom. The van der Waals surface area contributed by atoms with E-state index >= 15 is 0 Å². The van der Waals surface area contributed by atoms with E-state index in [4.69, 9.17) is 23.2 Å². The average Bonchev–Trinajstić information content (AvgIpc) is 2.49. The molecule has 22 heavy (non-hydrogen) atoms. The van der Waals surface area contributed by atoms with E-state index in [2.05, 4.69) is 44.4 Å².